The Kier molecular flexibility index (Phi) is 5.42. The third-order valence-corrected chi connectivity index (χ3v) is 5.52. The van der Waals surface area contributed by atoms with Crippen molar-refractivity contribution in [1.29, 1.82) is 0 Å². The van der Waals surface area contributed by atoms with E-state index in [2.05, 4.69) is 0 Å². The summed E-state index contributed by atoms with van der Waals surface area (Å²) < 4.78 is 33.7. The van der Waals surface area contributed by atoms with Gasteiger partial charge in [0.15, 0.2) is 21.3 Å². The van der Waals surface area contributed by atoms with Crippen LogP contribution in [-0.2, 0) is 16.4 Å². The molecule has 1 aromatic rings. The predicted octanol–water partition coefficient (Wildman–Crippen LogP) is 1.78. The van der Waals surface area contributed by atoms with Crippen LogP contribution in [0.25, 0.3) is 0 Å². The van der Waals surface area contributed by atoms with Gasteiger partial charge in [-0.15, -0.1) is 0 Å². The molecule has 1 N–H and O–H groups in total. The van der Waals surface area contributed by atoms with Crippen LogP contribution >= 0.6 is 0 Å². The molecule has 6 heteroatoms. The van der Waals surface area contributed by atoms with Gasteiger partial charge in [-0.2, -0.15) is 0 Å². The summed E-state index contributed by atoms with van der Waals surface area (Å²) in [5, 5.41) is 9.05. The van der Waals surface area contributed by atoms with E-state index in [-0.39, 0.29) is 19.0 Å². The lowest BCUT2D eigenvalue weighted by atomic mass is 10.2. The molecule has 0 fully saturated rings. The van der Waals surface area contributed by atoms with Crippen molar-refractivity contribution >= 4 is 9.84 Å². The molecule has 0 aromatic heterocycles. The second-order valence-electron chi connectivity index (χ2n) is 5.42. The van der Waals surface area contributed by atoms with E-state index in [4.69, 9.17) is 14.6 Å². The lowest BCUT2D eigenvalue weighted by Gasteiger charge is -2.19. The van der Waals surface area contributed by atoms with Crippen molar-refractivity contribution in [2.75, 3.05) is 19.5 Å². The van der Waals surface area contributed by atoms with Gasteiger partial charge >= 0.3 is 0 Å². The summed E-state index contributed by atoms with van der Waals surface area (Å²) in [4.78, 5) is 0. The van der Waals surface area contributed by atoms with Crippen LogP contribution in [0.15, 0.2) is 18.2 Å². The van der Waals surface area contributed by atoms with E-state index in [0.29, 0.717) is 17.1 Å². The SMILES string of the molecule is COc1cc(CO)ccc1OCCS(=O)(=O)C(C)(C)C. The van der Waals surface area contributed by atoms with Crippen molar-refractivity contribution < 1.29 is 23.0 Å². The van der Waals surface area contributed by atoms with Gasteiger partial charge in [0, 0.05) is 0 Å². The topological polar surface area (TPSA) is 72.8 Å². The van der Waals surface area contributed by atoms with Crippen molar-refractivity contribution in [3.8, 4) is 11.5 Å². The fourth-order valence-corrected chi connectivity index (χ4v) is 2.41. The van der Waals surface area contributed by atoms with Crippen LogP contribution in [0.2, 0.25) is 0 Å². The fourth-order valence-electron chi connectivity index (χ4n) is 1.50. The zero-order chi connectivity index (χ0) is 15.4. The second-order valence-corrected chi connectivity index (χ2v) is 8.29. The zero-order valence-electron chi connectivity index (χ0n) is 12.3. The highest BCUT2D eigenvalue weighted by Crippen LogP contribution is 2.28. The highest BCUT2D eigenvalue weighted by Gasteiger charge is 2.28. The van der Waals surface area contributed by atoms with E-state index in [1.807, 2.05) is 0 Å². The Hall–Kier alpha value is -1.27. The van der Waals surface area contributed by atoms with E-state index in [1.54, 1.807) is 39.0 Å². The Morgan fingerprint density at radius 3 is 2.35 bits per heavy atom. The smallest absolute Gasteiger partial charge is 0.161 e. The lowest BCUT2D eigenvalue weighted by Crippen LogP contribution is -2.32. The van der Waals surface area contributed by atoms with E-state index in [9.17, 15) is 8.42 Å². The molecule has 0 unspecified atom stereocenters. The van der Waals surface area contributed by atoms with Crippen LogP contribution < -0.4 is 9.47 Å². The summed E-state index contributed by atoms with van der Waals surface area (Å²) in [6, 6.07) is 5.03. The molecule has 20 heavy (non-hydrogen) atoms. The normalized spacial score (nSPS) is 12.2. The average Bonchev–Trinajstić information content (AvgIpc) is 2.37. The molecule has 0 radical (unpaired) electrons. The highest BCUT2D eigenvalue weighted by molar-refractivity contribution is 7.92. The van der Waals surface area contributed by atoms with Gasteiger partial charge in [-0.3, -0.25) is 0 Å². The molecule has 0 aliphatic heterocycles. The van der Waals surface area contributed by atoms with Crippen molar-refractivity contribution in [2.24, 2.45) is 0 Å². The van der Waals surface area contributed by atoms with Gasteiger partial charge in [-0.25, -0.2) is 8.42 Å². The first-order valence-electron chi connectivity index (χ1n) is 6.34. The molecule has 0 aliphatic carbocycles. The van der Waals surface area contributed by atoms with Gasteiger partial charge < -0.3 is 14.6 Å². The summed E-state index contributed by atoms with van der Waals surface area (Å²) in [5.41, 5.74) is 0.705. The largest absolute Gasteiger partial charge is 0.493 e. The van der Waals surface area contributed by atoms with Crippen molar-refractivity contribution in [1.82, 2.24) is 0 Å². The van der Waals surface area contributed by atoms with Crippen molar-refractivity contribution in [3.05, 3.63) is 23.8 Å². The first kappa shape index (κ1) is 16.8. The minimum atomic E-state index is -3.21. The van der Waals surface area contributed by atoms with Gasteiger partial charge in [0.05, 0.1) is 24.2 Å². The molecule has 0 amide bonds. The fraction of sp³-hybridized carbons (Fsp3) is 0.571. The number of aliphatic hydroxyl groups is 1. The summed E-state index contributed by atoms with van der Waals surface area (Å²) in [6.45, 7) is 4.97. The molecule has 0 saturated heterocycles. The third kappa shape index (κ3) is 4.11. The van der Waals surface area contributed by atoms with Crippen LogP contribution in [0.4, 0.5) is 0 Å². The predicted molar refractivity (Wildman–Crippen MR) is 78.0 cm³/mol. The maximum Gasteiger partial charge on any atom is 0.161 e. The molecule has 114 valence electrons. The standard InChI is InChI=1S/C14H22O5S/c1-14(2,3)20(16,17)8-7-19-12-6-5-11(10-15)9-13(12)18-4/h5-6,9,15H,7-8,10H2,1-4H3. The summed E-state index contributed by atoms with van der Waals surface area (Å²) >= 11 is 0. The van der Waals surface area contributed by atoms with Crippen LogP contribution in [0, 0.1) is 0 Å². The Labute approximate surface area is 120 Å². The molecule has 0 atom stereocenters. The summed E-state index contributed by atoms with van der Waals surface area (Å²) in [6.07, 6.45) is 0. The average molecular weight is 302 g/mol. The second kappa shape index (κ2) is 6.45. The zero-order valence-corrected chi connectivity index (χ0v) is 13.2. The minimum Gasteiger partial charge on any atom is -0.493 e. The Bertz CT molecular complexity index is 543. The minimum absolute atomic E-state index is 0.0542. The number of rotatable bonds is 6. The van der Waals surface area contributed by atoms with Gasteiger partial charge in [-0.05, 0) is 38.5 Å². The first-order valence-corrected chi connectivity index (χ1v) is 7.99. The molecule has 0 bridgehead atoms. The van der Waals surface area contributed by atoms with E-state index >= 15 is 0 Å². The van der Waals surface area contributed by atoms with Gasteiger partial charge in [0.25, 0.3) is 0 Å². The van der Waals surface area contributed by atoms with E-state index in [0.717, 1.165) is 0 Å². The maximum atomic E-state index is 12.0. The quantitative estimate of drug-likeness (QED) is 0.867. The molecule has 0 aliphatic rings. The van der Waals surface area contributed by atoms with Crippen molar-refractivity contribution in [2.45, 2.75) is 32.1 Å². The summed E-state index contributed by atoms with van der Waals surface area (Å²) in [5.74, 6) is 0.889. The molecular formula is C14H22O5S. The van der Waals surface area contributed by atoms with Gasteiger partial charge in [0.2, 0.25) is 0 Å². The molecule has 1 aromatic carbocycles. The number of benzene rings is 1. The monoisotopic (exact) mass is 302 g/mol. The van der Waals surface area contributed by atoms with Crippen LogP contribution in [0.3, 0.4) is 0 Å². The molecule has 0 saturated carbocycles. The Morgan fingerprint density at radius 1 is 1.20 bits per heavy atom. The number of aliphatic hydroxyl groups excluding tert-OH is 1. The number of ether oxygens (including phenoxy) is 2. The van der Waals surface area contributed by atoms with E-state index in [1.165, 1.54) is 7.11 Å². The number of sulfone groups is 1. The van der Waals surface area contributed by atoms with E-state index < -0.39 is 14.6 Å². The van der Waals surface area contributed by atoms with Crippen LogP contribution in [-0.4, -0.2) is 37.7 Å². The van der Waals surface area contributed by atoms with Crippen molar-refractivity contribution in [3.63, 3.8) is 0 Å². The molecule has 0 spiro atoms. The van der Waals surface area contributed by atoms with Crippen LogP contribution in [0.5, 0.6) is 11.5 Å². The molecule has 1 rings (SSSR count). The molecule has 5 nitrogen and oxygen atoms in total. The first-order chi connectivity index (χ1) is 9.21. The van der Waals surface area contributed by atoms with Gasteiger partial charge in [0.1, 0.15) is 6.61 Å². The number of hydrogen-bond acceptors (Lipinski definition) is 5. The van der Waals surface area contributed by atoms with Crippen LogP contribution in [0.1, 0.15) is 26.3 Å². The molecule has 0 heterocycles. The Morgan fingerprint density at radius 2 is 1.85 bits per heavy atom. The maximum absolute atomic E-state index is 12.0. The molecular weight excluding hydrogens is 280 g/mol. The number of methoxy groups -OCH3 is 1. The lowest BCUT2D eigenvalue weighted by molar-refractivity contribution is 0.279. The Balaban J connectivity index is 2.72. The summed E-state index contributed by atoms with van der Waals surface area (Å²) in [7, 11) is -1.71. The third-order valence-electron chi connectivity index (χ3n) is 2.95. The van der Waals surface area contributed by atoms with Gasteiger partial charge in [-0.1, -0.05) is 6.07 Å². The number of hydrogen-bond donors (Lipinski definition) is 1. The highest BCUT2D eigenvalue weighted by atomic mass is 32.2.